The Hall–Kier alpha value is -0.0800. The van der Waals surface area contributed by atoms with Gasteiger partial charge in [0.05, 0.1) is 0 Å². The van der Waals surface area contributed by atoms with Crippen molar-refractivity contribution in [3.8, 4) is 0 Å². The number of nitrogens with two attached hydrogens (primary N) is 1. The van der Waals surface area contributed by atoms with Gasteiger partial charge in [0, 0.05) is 12.6 Å². The summed E-state index contributed by atoms with van der Waals surface area (Å²) in [4.78, 5) is 2.61. The quantitative estimate of drug-likeness (QED) is 0.754. The van der Waals surface area contributed by atoms with E-state index in [1.165, 1.54) is 51.7 Å². The van der Waals surface area contributed by atoms with Crippen molar-refractivity contribution < 1.29 is 0 Å². The van der Waals surface area contributed by atoms with E-state index < -0.39 is 0 Å². The average molecular weight is 226 g/mol. The van der Waals surface area contributed by atoms with Crippen molar-refractivity contribution >= 4 is 0 Å². The van der Waals surface area contributed by atoms with Crippen molar-refractivity contribution in [2.24, 2.45) is 17.6 Å². The Labute approximate surface area is 102 Å². The van der Waals surface area contributed by atoms with E-state index in [2.05, 4.69) is 25.7 Å². The third-order valence-corrected chi connectivity index (χ3v) is 3.88. The maximum atomic E-state index is 6.26. The van der Waals surface area contributed by atoms with Gasteiger partial charge in [-0.15, -0.1) is 0 Å². The second-order valence-corrected chi connectivity index (χ2v) is 5.64. The van der Waals surface area contributed by atoms with Gasteiger partial charge in [0.15, 0.2) is 0 Å². The molecule has 0 aromatic heterocycles. The molecule has 16 heavy (non-hydrogen) atoms. The molecular weight excluding hydrogens is 196 g/mol. The van der Waals surface area contributed by atoms with E-state index in [0.29, 0.717) is 6.04 Å². The Kier molecular flexibility index (Phi) is 6.37. The molecule has 96 valence electrons. The van der Waals surface area contributed by atoms with Crippen LogP contribution in [-0.4, -0.2) is 30.6 Å². The largest absolute Gasteiger partial charge is 0.327 e. The van der Waals surface area contributed by atoms with E-state index in [0.717, 1.165) is 11.8 Å². The molecule has 3 unspecified atom stereocenters. The molecule has 1 aliphatic rings. The van der Waals surface area contributed by atoms with E-state index in [4.69, 9.17) is 5.73 Å². The van der Waals surface area contributed by atoms with Crippen molar-refractivity contribution in [3.05, 3.63) is 0 Å². The van der Waals surface area contributed by atoms with Crippen LogP contribution in [-0.2, 0) is 0 Å². The van der Waals surface area contributed by atoms with Crippen LogP contribution in [0.2, 0.25) is 0 Å². The first-order valence-corrected chi connectivity index (χ1v) is 7.15. The van der Waals surface area contributed by atoms with Gasteiger partial charge in [0.1, 0.15) is 0 Å². The molecule has 0 aromatic rings. The van der Waals surface area contributed by atoms with Gasteiger partial charge in [0.25, 0.3) is 0 Å². The molecule has 0 bridgehead atoms. The monoisotopic (exact) mass is 226 g/mol. The van der Waals surface area contributed by atoms with E-state index in [-0.39, 0.29) is 0 Å². The average Bonchev–Trinajstić information content (AvgIpc) is 2.24. The summed E-state index contributed by atoms with van der Waals surface area (Å²) in [6, 6.07) is 0.451. The van der Waals surface area contributed by atoms with Crippen molar-refractivity contribution in [1.82, 2.24) is 4.90 Å². The smallest absolute Gasteiger partial charge is 0.00795 e. The summed E-state index contributed by atoms with van der Waals surface area (Å²) >= 11 is 0. The topological polar surface area (TPSA) is 29.3 Å². The lowest BCUT2D eigenvalue weighted by molar-refractivity contribution is 0.161. The van der Waals surface area contributed by atoms with Gasteiger partial charge in [-0.1, -0.05) is 20.8 Å². The minimum atomic E-state index is 0.451. The Morgan fingerprint density at radius 2 is 1.75 bits per heavy atom. The van der Waals surface area contributed by atoms with E-state index in [1.807, 2.05) is 0 Å². The van der Waals surface area contributed by atoms with Crippen LogP contribution >= 0.6 is 0 Å². The van der Waals surface area contributed by atoms with Crippen LogP contribution in [0.3, 0.4) is 0 Å². The predicted octanol–water partition coefficient (Wildman–Crippen LogP) is 2.87. The van der Waals surface area contributed by atoms with Crippen LogP contribution in [0.4, 0.5) is 0 Å². The van der Waals surface area contributed by atoms with Gasteiger partial charge < -0.3 is 10.6 Å². The molecule has 0 saturated heterocycles. The fourth-order valence-corrected chi connectivity index (χ4v) is 2.99. The first kappa shape index (κ1) is 14.0. The van der Waals surface area contributed by atoms with Crippen LogP contribution in [0.15, 0.2) is 0 Å². The normalized spacial score (nSPS) is 30.9. The Morgan fingerprint density at radius 3 is 2.31 bits per heavy atom. The SMILES string of the molecule is CCCN(CCC)CC1CC(C)CCC1N. The van der Waals surface area contributed by atoms with E-state index in [9.17, 15) is 0 Å². The lowest BCUT2D eigenvalue weighted by Gasteiger charge is -2.36. The summed E-state index contributed by atoms with van der Waals surface area (Å²) in [5, 5.41) is 0. The summed E-state index contributed by atoms with van der Waals surface area (Å²) in [7, 11) is 0. The van der Waals surface area contributed by atoms with Gasteiger partial charge in [0.2, 0.25) is 0 Å². The maximum Gasteiger partial charge on any atom is 0.00795 e. The highest BCUT2D eigenvalue weighted by Gasteiger charge is 2.27. The van der Waals surface area contributed by atoms with Crippen molar-refractivity contribution in [3.63, 3.8) is 0 Å². The molecule has 0 amide bonds. The molecule has 0 spiro atoms. The molecule has 1 fully saturated rings. The number of hydrogen-bond acceptors (Lipinski definition) is 2. The zero-order valence-electron chi connectivity index (χ0n) is 11.4. The molecule has 1 rings (SSSR count). The summed E-state index contributed by atoms with van der Waals surface area (Å²) < 4.78 is 0. The van der Waals surface area contributed by atoms with E-state index >= 15 is 0 Å². The lowest BCUT2D eigenvalue weighted by atomic mass is 9.79. The van der Waals surface area contributed by atoms with Crippen molar-refractivity contribution in [2.45, 2.75) is 58.9 Å². The third kappa shape index (κ3) is 4.42. The Bertz CT molecular complexity index is 176. The molecular formula is C14H30N2. The second-order valence-electron chi connectivity index (χ2n) is 5.64. The molecule has 2 nitrogen and oxygen atoms in total. The molecule has 3 atom stereocenters. The highest BCUT2D eigenvalue weighted by atomic mass is 15.1. The molecule has 0 aromatic carbocycles. The first-order chi connectivity index (χ1) is 7.67. The fourth-order valence-electron chi connectivity index (χ4n) is 2.99. The van der Waals surface area contributed by atoms with E-state index in [1.54, 1.807) is 0 Å². The fraction of sp³-hybridized carbons (Fsp3) is 1.00. The summed E-state index contributed by atoms with van der Waals surface area (Å²) in [5.41, 5.74) is 6.26. The first-order valence-electron chi connectivity index (χ1n) is 7.15. The van der Waals surface area contributed by atoms with Crippen LogP contribution in [0.5, 0.6) is 0 Å². The summed E-state index contributed by atoms with van der Waals surface area (Å²) in [5.74, 6) is 1.62. The van der Waals surface area contributed by atoms with Gasteiger partial charge in [-0.2, -0.15) is 0 Å². The molecule has 1 aliphatic carbocycles. The number of rotatable bonds is 6. The molecule has 2 heteroatoms. The van der Waals surface area contributed by atoms with Gasteiger partial charge in [-0.05, 0) is 57.0 Å². The van der Waals surface area contributed by atoms with Crippen LogP contribution in [0.25, 0.3) is 0 Å². The van der Waals surface area contributed by atoms with Gasteiger partial charge in [-0.25, -0.2) is 0 Å². The second kappa shape index (κ2) is 7.29. The Balaban J connectivity index is 2.41. The minimum Gasteiger partial charge on any atom is -0.327 e. The van der Waals surface area contributed by atoms with Crippen molar-refractivity contribution in [2.75, 3.05) is 19.6 Å². The van der Waals surface area contributed by atoms with Crippen LogP contribution in [0, 0.1) is 11.8 Å². The molecule has 0 heterocycles. The van der Waals surface area contributed by atoms with Crippen LogP contribution in [0.1, 0.15) is 52.9 Å². The molecule has 1 saturated carbocycles. The lowest BCUT2D eigenvalue weighted by Crippen LogP contribution is -2.43. The number of hydrogen-bond donors (Lipinski definition) is 1. The Morgan fingerprint density at radius 1 is 1.12 bits per heavy atom. The van der Waals surface area contributed by atoms with Gasteiger partial charge in [-0.3, -0.25) is 0 Å². The van der Waals surface area contributed by atoms with Gasteiger partial charge >= 0.3 is 0 Å². The molecule has 0 radical (unpaired) electrons. The predicted molar refractivity (Wildman–Crippen MR) is 71.5 cm³/mol. The number of nitrogens with zero attached hydrogens (tertiary/aromatic N) is 1. The van der Waals surface area contributed by atoms with Crippen molar-refractivity contribution in [1.29, 1.82) is 0 Å². The molecule has 0 aliphatic heterocycles. The van der Waals surface area contributed by atoms with Crippen LogP contribution < -0.4 is 5.73 Å². The minimum absolute atomic E-state index is 0.451. The highest BCUT2D eigenvalue weighted by Crippen LogP contribution is 2.28. The summed E-state index contributed by atoms with van der Waals surface area (Å²) in [6.07, 6.45) is 6.43. The molecule has 2 N–H and O–H groups in total. The highest BCUT2D eigenvalue weighted by molar-refractivity contribution is 4.83. The standard InChI is InChI=1S/C14H30N2/c1-4-8-16(9-5-2)11-13-10-12(3)6-7-14(13)15/h12-14H,4-11,15H2,1-3H3. The third-order valence-electron chi connectivity index (χ3n) is 3.88. The maximum absolute atomic E-state index is 6.26. The summed E-state index contributed by atoms with van der Waals surface area (Å²) in [6.45, 7) is 10.6. The zero-order chi connectivity index (χ0) is 12.0. The zero-order valence-corrected chi connectivity index (χ0v) is 11.4.